The van der Waals surface area contributed by atoms with E-state index in [1.165, 1.54) is 24.6 Å². The number of carbonyl (C=O) groups is 1. The first-order valence-electron chi connectivity index (χ1n) is 7.18. The zero-order valence-electron chi connectivity index (χ0n) is 12.0. The Hall–Kier alpha value is -1.04. The van der Waals surface area contributed by atoms with Gasteiger partial charge in [-0.1, -0.05) is 19.0 Å². The summed E-state index contributed by atoms with van der Waals surface area (Å²) in [6.07, 6.45) is 4.73. The number of hydrogen-bond acceptors (Lipinski definition) is 5. The van der Waals surface area contributed by atoms with Crippen LogP contribution in [0.4, 0.5) is 0 Å². The van der Waals surface area contributed by atoms with Crippen LogP contribution < -0.4 is 0 Å². The smallest absolute Gasteiger partial charge is 0.313 e. The van der Waals surface area contributed by atoms with E-state index in [0.29, 0.717) is 17.6 Å². The number of thioether (sulfide) groups is 1. The zero-order valence-corrected chi connectivity index (χ0v) is 12.9. The van der Waals surface area contributed by atoms with Crippen LogP contribution in [0.1, 0.15) is 57.2 Å². The van der Waals surface area contributed by atoms with Gasteiger partial charge in [0, 0.05) is 5.92 Å². The molecule has 20 heavy (non-hydrogen) atoms. The minimum atomic E-state index is -0.818. The van der Waals surface area contributed by atoms with E-state index in [4.69, 9.17) is 9.63 Å². The highest BCUT2D eigenvalue weighted by Crippen LogP contribution is 2.37. The molecule has 1 heterocycles. The van der Waals surface area contributed by atoms with Gasteiger partial charge in [0.15, 0.2) is 5.82 Å². The highest BCUT2D eigenvalue weighted by molar-refractivity contribution is 7.99. The minimum absolute atomic E-state index is 0.0667. The lowest BCUT2D eigenvalue weighted by Crippen LogP contribution is -2.18. The second-order valence-corrected chi connectivity index (χ2v) is 6.77. The molecule has 1 aliphatic carbocycles. The van der Waals surface area contributed by atoms with Crippen LogP contribution in [0.15, 0.2) is 4.52 Å². The second kappa shape index (κ2) is 7.11. The Kier molecular flexibility index (Phi) is 5.46. The number of aliphatic carboxylic acids is 1. The Morgan fingerprint density at radius 2 is 2.10 bits per heavy atom. The fourth-order valence-corrected chi connectivity index (χ4v) is 3.33. The van der Waals surface area contributed by atoms with Crippen LogP contribution in [-0.4, -0.2) is 27.0 Å². The lowest BCUT2D eigenvalue weighted by atomic mass is 9.77. The molecule has 2 rings (SSSR count). The Morgan fingerprint density at radius 1 is 1.40 bits per heavy atom. The third-order valence-electron chi connectivity index (χ3n) is 4.01. The normalized spacial score (nSPS) is 23.1. The molecule has 1 N–H and O–H groups in total. The average molecular weight is 298 g/mol. The summed E-state index contributed by atoms with van der Waals surface area (Å²) in [4.78, 5) is 14.8. The molecule has 0 atom stereocenters. The van der Waals surface area contributed by atoms with E-state index in [2.05, 4.69) is 24.0 Å². The number of rotatable bonds is 6. The summed E-state index contributed by atoms with van der Waals surface area (Å²) in [5, 5.41) is 12.6. The van der Waals surface area contributed by atoms with E-state index in [1.54, 1.807) is 0 Å². The lowest BCUT2D eigenvalue weighted by Gasteiger charge is -2.29. The topological polar surface area (TPSA) is 76.2 Å². The third-order valence-corrected chi connectivity index (χ3v) is 4.92. The molecule has 0 unspecified atom stereocenters. The first-order chi connectivity index (χ1) is 9.56. The van der Waals surface area contributed by atoms with Gasteiger partial charge in [0.05, 0.1) is 11.5 Å². The molecule has 1 aromatic heterocycles. The fourth-order valence-electron chi connectivity index (χ4n) is 2.76. The summed E-state index contributed by atoms with van der Waals surface area (Å²) >= 11 is 1.28. The summed E-state index contributed by atoms with van der Waals surface area (Å²) in [6.45, 7) is 4.58. The first kappa shape index (κ1) is 15.4. The van der Waals surface area contributed by atoms with Crippen molar-refractivity contribution < 1.29 is 14.4 Å². The van der Waals surface area contributed by atoms with E-state index in [1.807, 2.05) is 0 Å². The van der Waals surface area contributed by atoms with Gasteiger partial charge in [0.25, 0.3) is 0 Å². The van der Waals surface area contributed by atoms with Gasteiger partial charge < -0.3 is 9.63 Å². The van der Waals surface area contributed by atoms with Gasteiger partial charge in [-0.25, -0.2) is 0 Å². The molecule has 1 aliphatic rings. The SMILES string of the molecule is CC(C)C1CCC(c2noc(CSCC(=O)O)n2)CC1. The number of carboxylic acids is 1. The summed E-state index contributed by atoms with van der Waals surface area (Å²) in [6, 6.07) is 0. The molecule has 0 amide bonds. The molecule has 0 bridgehead atoms. The van der Waals surface area contributed by atoms with Crippen molar-refractivity contribution in [2.45, 2.75) is 51.2 Å². The van der Waals surface area contributed by atoms with Crippen molar-refractivity contribution in [3.63, 3.8) is 0 Å². The predicted octanol–water partition coefficient (Wildman–Crippen LogP) is 3.32. The standard InChI is InChI=1S/C14H22N2O3S/c1-9(2)10-3-5-11(6-4-10)14-15-12(19-16-14)7-20-8-13(17)18/h9-11H,3-8H2,1-2H3,(H,17,18). The molecule has 1 fully saturated rings. The molecule has 0 aliphatic heterocycles. The van der Waals surface area contributed by atoms with Gasteiger partial charge in [-0.2, -0.15) is 4.98 Å². The van der Waals surface area contributed by atoms with Crippen molar-refractivity contribution in [3.8, 4) is 0 Å². The maximum absolute atomic E-state index is 10.4. The Morgan fingerprint density at radius 3 is 2.70 bits per heavy atom. The van der Waals surface area contributed by atoms with Crippen molar-refractivity contribution in [3.05, 3.63) is 11.7 Å². The molecular formula is C14H22N2O3S. The van der Waals surface area contributed by atoms with E-state index < -0.39 is 5.97 Å². The quantitative estimate of drug-likeness (QED) is 0.868. The van der Waals surface area contributed by atoms with Gasteiger partial charge in [-0.3, -0.25) is 4.79 Å². The van der Waals surface area contributed by atoms with Crippen molar-refractivity contribution in [1.29, 1.82) is 0 Å². The summed E-state index contributed by atoms with van der Waals surface area (Å²) in [5.41, 5.74) is 0. The maximum Gasteiger partial charge on any atom is 0.313 e. The number of carboxylic acid groups (broad SMARTS) is 1. The Bertz CT molecular complexity index is 439. The van der Waals surface area contributed by atoms with Crippen molar-refractivity contribution in [2.75, 3.05) is 5.75 Å². The average Bonchev–Trinajstić information content (AvgIpc) is 2.87. The highest BCUT2D eigenvalue weighted by atomic mass is 32.2. The molecule has 0 aromatic carbocycles. The summed E-state index contributed by atoms with van der Waals surface area (Å²) < 4.78 is 5.20. The molecule has 1 saturated carbocycles. The minimum Gasteiger partial charge on any atom is -0.481 e. The van der Waals surface area contributed by atoms with Crippen molar-refractivity contribution in [1.82, 2.24) is 10.1 Å². The second-order valence-electron chi connectivity index (χ2n) is 5.79. The molecule has 5 nitrogen and oxygen atoms in total. The largest absolute Gasteiger partial charge is 0.481 e. The predicted molar refractivity (Wildman–Crippen MR) is 77.6 cm³/mol. The van der Waals surface area contributed by atoms with Crippen LogP contribution in [0, 0.1) is 11.8 Å². The van der Waals surface area contributed by atoms with Crippen LogP contribution in [0.5, 0.6) is 0 Å². The number of aromatic nitrogens is 2. The maximum atomic E-state index is 10.4. The van der Waals surface area contributed by atoms with Gasteiger partial charge >= 0.3 is 5.97 Å². The lowest BCUT2D eigenvalue weighted by molar-refractivity contribution is -0.133. The monoisotopic (exact) mass is 298 g/mol. The van der Waals surface area contributed by atoms with E-state index in [9.17, 15) is 4.79 Å². The Balaban J connectivity index is 1.82. The molecular weight excluding hydrogens is 276 g/mol. The molecule has 1 aromatic rings. The van der Waals surface area contributed by atoms with Crippen molar-refractivity contribution in [2.24, 2.45) is 11.8 Å². The van der Waals surface area contributed by atoms with Gasteiger partial charge in [0.1, 0.15) is 0 Å². The van der Waals surface area contributed by atoms with E-state index in [0.717, 1.165) is 30.5 Å². The Labute approximate surface area is 123 Å². The van der Waals surface area contributed by atoms with E-state index in [-0.39, 0.29) is 5.75 Å². The summed E-state index contributed by atoms with van der Waals surface area (Å²) in [5.74, 6) is 3.05. The molecule has 0 spiro atoms. The van der Waals surface area contributed by atoms with Crippen molar-refractivity contribution >= 4 is 17.7 Å². The molecule has 0 radical (unpaired) electrons. The third kappa shape index (κ3) is 4.23. The van der Waals surface area contributed by atoms with Crippen LogP contribution in [-0.2, 0) is 10.5 Å². The number of hydrogen-bond donors (Lipinski definition) is 1. The van der Waals surface area contributed by atoms with Gasteiger partial charge in [0.2, 0.25) is 5.89 Å². The molecule has 112 valence electrons. The number of nitrogens with zero attached hydrogens (tertiary/aromatic N) is 2. The van der Waals surface area contributed by atoms with Gasteiger partial charge in [-0.05, 0) is 37.5 Å². The van der Waals surface area contributed by atoms with Crippen LogP contribution in [0.3, 0.4) is 0 Å². The fraction of sp³-hybridized carbons (Fsp3) is 0.786. The summed E-state index contributed by atoms with van der Waals surface area (Å²) in [7, 11) is 0. The van der Waals surface area contributed by atoms with E-state index >= 15 is 0 Å². The van der Waals surface area contributed by atoms with Crippen LogP contribution in [0.25, 0.3) is 0 Å². The van der Waals surface area contributed by atoms with Gasteiger partial charge in [-0.15, -0.1) is 11.8 Å². The zero-order chi connectivity index (χ0) is 14.5. The van der Waals surface area contributed by atoms with Crippen LogP contribution >= 0.6 is 11.8 Å². The highest BCUT2D eigenvalue weighted by Gasteiger charge is 2.27. The molecule has 0 saturated heterocycles. The molecule has 6 heteroatoms. The first-order valence-corrected chi connectivity index (χ1v) is 8.33. The van der Waals surface area contributed by atoms with Crippen LogP contribution in [0.2, 0.25) is 0 Å².